The second-order valence-electron chi connectivity index (χ2n) is 6.04. The Balaban J connectivity index is 1.62. The van der Waals surface area contributed by atoms with Crippen molar-refractivity contribution in [1.82, 2.24) is 10.3 Å². The molecule has 4 nitrogen and oxygen atoms in total. The molecule has 3 N–H and O–H groups in total. The predicted octanol–water partition coefficient (Wildman–Crippen LogP) is 3.21. The molecule has 0 radical (unpaired) electrons. The molecule has 21 heavy (non-hydrogen) atoms. The van der Waals surface area contributed by atoms with Crippen LogP contribution < -0.4 is 5.32 Å². The molecule has 1 aromatic heterocycles. The molecule has 0 bridgehead atoms. The number of benzene rings is 1. The maximum atomic E-state index is 11.0. The summed E-state index contributed by atoms with van der Waals surface area (Å²) in [5, 5.41) is 13.9. The van der Waals surface area contributed by atoms with Crippen molar-refractivity contribution in [1.29, 1.82) is 0 Å². The largest absolute Gasteiger partial charge is 0.481 e. The molecule has 4 heteroatoms. The molecule has 0 amide bonds. The molecule has 1 aliphatic rings. The minimum absolute atomic E-state index is 0.141. The number of carboxylic acid groups (broad SMARTS) is 1. The lowest BCUT2D eigenvalue weighted by Crippen LogP contribution is -2.34. The Hall–Kier alpha value is -1.81. The van der Waals surface area contributed by atoms with E-state index in [0.717, 1.165) is 32.2 Å². The Bertz CT molecular complexity index is 639. The van der Waals surface area contributed by atoms with Gasteiger partial charge in [-0.25, -0.2) is 0 Å². The highest BCUT2D eigenvalue weighted by Crippen LogP contribution is 2.26. The molecule has 1 fully saturated rings. The number of carbonyl (C=O) groups is 1. The fraction of sp³-hybridized carbons (Fsp3) is 0.471. The molecule has 1 heterocycles. The van der Waals surface area contributed by atoms with Crippen molar-refractivity contribution in [2.24, 2.45) is 5.92 Å². The van der Waals surface area contributed by atoms with Crippen molar-refractivity contribution in [2.75, 3.05) is 0 Å². The summed E-state index contributed by atoms with van der Waals surface area (Å²) < 4.78 is 0. The van der Waals surface area contributed by atoms with Gasteiger partial charge in [-0.05, 0) is 44.2 Å². The van der Waals surface area contributed by atoms with Gasteiger partial charge in [-0.15, -0.1) is 0 Å². The first-order valence-corrected chi connectivity index (χ1v) is 7.67. The Morgan fingerprint density at radius 1 is 1.29 bits per heavy atom. The molecular formula is C17H22N2O2. The number of aromatic nitrogens is 1. The fourth-order valence-electron chi connectivity index (χ4n) is 3.35. The lowest BCUT2D eigenvalue weighted by molar-refractivity contribution is -0.142. The third-order valence-corrected chi connectivity index (χ3v) is 4.67. The normalized spacial score (nSPS) is 22.5. The van der Waals surface area contributed by atoms with Gasteiger partial charge in [0.05, 0.1) is 5.92 Å². The summed E-state index contributed by atoms with van der Waals surface area (Å²) in [5.41, 5.74) is 3.72. The summed E-state index contributed by atoms with van der Waals surface area (Å²) >= 11 is 0. The number of aliphatic carboxylic acids is 1. The van der Waals surface area contributed by atoms with Crippen molar-refractivity contribution in [3.8, 4) is 0 Å². The van der Waals surface area contributed by atoms with Crippen LogP contribution in [0.1, 0.15) is 36.9 Å². The standard InChI is InChI=1S/C17H22N2O2/c1-11-15(14-4-2-3-5-16(14)19-11)10-18-13-8-6-12(7-9-13)17(20)21/h2-5,12-13,18-19H,6-10H2,1H3,(H,20,21). The minimum atomic E-state index is -0.638. The Morgan fingerprint density at radius 3 is 2.71 bits per heavy atom. The highest BCUT2D eigenvalue weighted by molar-refractivity contribution is 5.84. The first-order chi connectivity index (χ1) is 10.1. The highest BCUT2D eigenvalue weighted by Gasteiger charge is 2.25. The molecule has 0 spiro atoms. The van der Waals surface area contributed by atoms with Crippen LogP contribution in [0.5, 0.6) is 0 Å². The zero-order chi connectivity index (χ0) is 14.8. The molecule has 1 aromatic carbocycles. The number of nitrogens with one attached hydrogen (secondary N) is 2. The van der Waals surface area contributed by atoms with Gasteiger partial charge in [0.25, 0.3) is 0 Å². The van der Waals surface area contributed by atoms with Gasteiger partial charge in [-0.1, -0.05) is 18.2 Å². The number of carboxylic acids is 1. The van der Waals surface area contributed by atoms with Crippen LogP contribution in [0.15, 0.2) is 24.3 Å². The number of hydrogen-bond acceptors (Lipinski definition) is 2. The van der Waals surface area contributed by atoms with Gasteiger partial charge >= 0.3 is 5.97 Å². The number of para-hydroxylation sites is 1. The summed E-state index contributed by atoms with van der Waals surface area (Å²) in [4.78, 5) is 14.4. The van der Waals surface area contributed by atoms with Crippen LogP contribution in [0.3, 0.4) is 0 Å². The van der Waals surface area contributed by atoms with Gasteiger partial charge < -0.3 is 15.4 Å². The van der Waals surface area contributed by atoms with Crippen LogP contribution in [-0.2, 0) is 11.3 Å². The molecule has 0 atom stereocenters. The first-order valence-electron chi connectivity index (χ1n) is 7.67. The van der Waals surface area contributed by atoms with Crippen LogP contribution in [-0.4, -0.2) is 22.1 Å². The van der Waals surface area contributed by atoms with E-state index < -0.39 is 5.97 Å². The third-order valence-electron chi connectivity index (χ3n) is 4.67. The van der Waals surface area contributed by atoms with Crippen molar-refractivity contribution >= 4 is 16.9 Å². The van der Waals surface area contributed by atoms with Crippen molar-refractivity contribution in [2.45, 2.75) is 45.2 Å². The number of fused-ring (bicyclic) bond motifs is 1. The van der Waals surface area contributed by atoms with Crippen molar-refractivity contribution in [3.05, 3.63) is 35.5 Å². The predicted molar refractivity (Wildman–Crippen MR) is 83.3 cm³/mol. The van der Waals surface area contributed by atoms with E-state index in [1.165, 1.54) is 22.2 Å². The van der Waals surface area contributed by atoms with E-state index in [2.05, 4.69) is 35.4 Å². The summed E-state index contributed by atoms with van der Waals surface area (Å²) in [6, 6.07) is 8.80. The van der Waals surface area contributed by atoms with Crippen molar-refractivity contribution < 1.29 is 9.90 Å². The van der Waals surface area contributed by atoms with Crippen LogP contribution >= 0.6 is 0 Å². The van der Waals surface area contributed by atoms with Gasteiger partial charge in [0, 0.05) is 29.2 Å². The molecule has 0 unspecified atom stereocenters. The topological polar surface area (TPSA) is 65.1 Å². The monoisotopic (exact) mass is 286 g/mol. The van der Waals surface area contributed by atoms with Crippen LogP contribution in [0.2, 0.25) is 0 Å². The fourth-order valence-corrected chi connectivity index (χ4v) is 3.35. The number of rotatable bonds is 4. The number of hydrogen-bond donors (Lipinski definition) is 3. The molecule has 2 aromatic rings. The zero-order valence-corrected chi connectivity index (χ0v) is 12.4. The van der Waals surface area contributed by atoms with Crippen LogP contribution in [0.25, 0.3) is 10.9 Å². The average molecular weight is 286 g/mol. The average Bonchev–Trinajstić information content (AvgIpc) is 2.81. The van der Waals surface area contributed by atoms with Gasteiger partial charge in [-0.3, -0.25) is 4.79 Å². The van der Waals surface area contributed by atoms with Crippen LogP contribution in [0, 0.1) is 12.8 Å². The molecule has 3 rings (SSSR count). The molecule has 0 aliphatic heterocycles. The third kappa shape index (κ3) is 2.95. The van der Waals surface area contributed by atoms with Gasteiger partial charge in [0.15, 0.2) is 0 Å². The van der Waals surface area contributed by atoms with Crippen molar-refractivity contribution in [3.63, 3.8) is 0 Å². The summed E-state index contributed by atoms with van der Waals surface area (Å²) in [7, 11) is 0. The van der Waals surface area contributed by atoms with E-state index in [4.69, 9.17) is 5.11 Å². The zero-order valence-electron chi connectivity index (χ0n) is 12.4. The summed E-state index contributed by atoms with van der Waals surface area (Å²) in [5.74, 6) is -0.779. The van der Waals surface area contributed by atoms with Gasteiger partial charge in [0.2, 0.25) is 0 Å². The highest BCUT2D eigenvalue weighted by atomic mass is 16.4. The van der Waals surface area contributed by atoms with E-state index >= 15 is 0 Å². The second-order valence-corrected chi connectivity index (χ2v) is 6.04. The van der Waals surface area contributed by atoms with E-state index in [1.54, 1.807) is 0 Å². The molecule has 1 aliphatic carbocycles. The number of aryl methyl sites for hydroxylation is 1. The molecule has 0 saturated heterocycles. The lowest BCUT2D eigenvalue weighted by Gasteiger charge is -2.27. The SMILES string of the molecule is Cc1[nH]c2ccccc2c1CNC1CCC(C(=O)O)CC1. The van der Waals surface area contributed by atoms with Gasteiger partial charge in [0.1, 0.15) is 0 Å². The molecule has 1 saturated carbocycles. The van der Waals surface area contributed by atoms with E-state index in [9.17, 15) is 4.79 Å². The van der Waals surface area contributed by atoms with Crippen LogP contribution in [0.4, 0.5) is 0 Å². The quantitative estimate of drug-likeness (QED) is 0.808. The summed E-state index contributed by atoms with van der Waals surface area (Å²) in [6.45, 7) is 2.95. The first kappa shape index (κ1) is 14.1. The van der Waals surface area contributed by atoms with E-state index in [0.29, 0.717) is 6.04 Å². The number of aromatic amines is 1. The lowest BCUT2D eigenvalue weighted by atomic mass is 9.86. The maximum Gasteiger partial charge on any atom is 0.306 e. The maximum absolute atomic E-state index is 11.0. The Labute approximate surface area is 124 Å². The Morgan fingerprint density at radius 2 is 2.00 bits per heavy atom. The Kier molecular flexibility index (Phi) is 3.97. The van der Waals surface area contributed by atoms with E-state index in [1.807, 2.05) is 6.07 Å². The minimum Gasteiger partial charge on any atom is -0.481 e. The smallest absolute Gasteiger partial charge is 0.306 e. The van der Waals surface area contributed by atoms with Gasteiger partial charge in [-0.2, -0.15) is 0 Å². The number of H-pyrrole nitrogens is 1. The van der Waals surface area contributed by atoms with E-state index in [-0.39, 0.29) is 5.92 Å². The summed E-state index contributed by atoms with van der Waals surface area (Å²) in [6.07, 6.45) is 3.50. The molecular weight excluding hydrogens is 264 g/mol. The second kappa shape index (κ2) is 5.90. The molecule has 112 valence electrons.